The van der Waals surface area contributed by atoms with Gasteiger partial charge in [-0.1, -0.05) is 15.9 Å². The van der Waals surface area contributed by atoms with Crippen LogP contribution in [0.2, 0.25) is 0 Å². The molecule has 0 bridgehead atoms. The Labute approximate surface area is 121 Å². The Morgan fingerprint density at radius 2 is 2.05 bits per heavy atom. The first-order valence-electron chi connectivity index (χ1n) is 6.45. The molecule has 5 nitrogen and oxygen atoms in total. The summed E-state index contributed by atoms with van der Waals surface area (Å²) in [7, 11) is 0. The number of nitrogens with two attached hydrogens (primary N) is 1. The number of nitro benzene ring substituents is 1. The molecule has 0 aliphatic carbocycles. The molecule has 104 valence electrons. The van der Waals surface area contributed by atoms with Gasteiger partial charge in [0.05, 0.1) is 4.92 Å². The number of likely N-dealkylation sites (tertiary alicyclic amines) is 1. The second kappa shape index (κ2) is 6.45. The van der Waals surface area contributed by atoms with E-state index < -0.39 is 0 Å². The Hall–Kier alpha value is -0.980. The molecule has 2 N–H and O–H groups in total. The lowest BCUT2D eigenvalue weighted by molar-refractivity contribution is -0.385. The molecule has 1 aliphatic heterocycles. The van der Waals surface area contributed by atoms with Crippen molar-refractivity contribution < 1.29 is 4.92 Å². The van der Waals surface area contributed by atoms with Crippen LogP contribution in [-0.4, -0.2) is 29.5 Å². The largest absolute Gasteiger partial charge is 0.330 e. The van der Waals surface area contributed by atoms with Crippen LogP contribution in [0.4, 0.5) is 5.69 Å². The number of hydrogen-bond acceptors (Lipinski definition) is 4. The number of rotatable bonds is 4. The Bertz CT molecular complexity index is 459. The van der Waals surface area contributed by atoms with Crippen LogP contribution in [-0.2, 0) is 6.54 Å². The van der Waals surface area contributed by atoms with Gasteiger partial charge in [-0.15, -0.1) is 0 Å². The summed E-state index contributed by atoms with van der Waals surface area (Å²) < 4.78 is 0.758. The van der Waals surface area contributed by atoms with E-state index in [0.717, 1.165) is 49.1 Å². The zero-order valence-corrected chi connectivity index (χ0v) is 12.3. The van der Waals surface area contributed by atoms with Gasteiger partial charge in [0, 0.05) is 23.2 Å². The number of hydrogen-bond donors (Lipinski definition) is 1. The summed E-state index contributed by atoms with van der Waals surface area (Å²) in [5, 5.41) is 10.8. The van der Waals surface area contributed by atoms with Crippen molar-refractivity contribution in [3.8, 4) is 0 Å². The van der Waals surface area contributed by atoms with Gasteiger partial charge in [0.1, 0.15) is 0 Å². The fourth-order valence-corrected chi connectivity index (χ4v) is 3.00. The molecule has 0 atom stereocenters. The lowest BCUT2D eigenvalue weighted by Crippen LogP contribution is -2.35. The van der Waals surface area contributed by atoms with Crippen molar-refractivity contribution in [3.63, 3.8) is 0 Å². The number of piperidine rings is 1. The van der Waals surface area contributed by atoms with E-state index in [1.807, 2.05) is 6.07 Å². The number of nitro groups is 1. The first-order valence-corrected chi connectivity index (χ1v) is 7.24. The van der Waals surface area contributed by atoms with Crippen molar-refractivity contribution in [1.82, 2.24) is 4.90 Å². The van der Waals surface area contributed by atoms with Crippen molar-refractivity contribution in [2.24, 2.45) is 11.7 Å². The highest BCUT2D eigenvalue weighted by molar-refractivity contribution is 9.10. The molecule has 1 aromatic carbocycles. The molecular weight excluding hydrogens is 310 g/mol. The van der Waals surface area contributed by atoms with Crippen LogP contribution in [0.3, 0.4) is 0 Å². The lowest BCUT2D eigenvalue weighted by atomic mass is 9.97. The number of halogens is 1. The first-order chi connectivity index (χ1) is 9.08. The Morgan fingerprint density at radius 3 is 2.63 bits per heavy atom. The van der Waals surface area contributed by atoms with Gasteiger partial charge in [-0.05, 0) is 50.0 Å². The van der Waals surface area contributed by atoms with Crippen LogP contribution < -0.4 is 5.73 Å². The second-order valence-corrected chi connectivity index (χ2v) is 5.95. The molecule has 19 heavy (non-hydrogen) atoms. The summed E-state index contributed by atoms with van der Waals surface area (Å²) in [4.78, 5) is 12.8. The van der Waals surface area contributed by atoms with Crippen molar-refractivity contribution in [1.29, 1.82) is 0 Å². The summed E-state index contributed by atoms with van der Waals surface area (Å²) in [5.74, 6) is 0.632. The Kier molecular flexibility index (Phi) is 4.90. The topological polar surface area (TPSA) is 72.4 Å². The number of non-ortho nitro benzene ring substituents is 1. The summed E-state index contributed by atoms with van der Waals surface area (Å²) in [6.07, 6.45) is 2.24. The highest BCUT2D eigenvalue weighted by atomic mass is 79.9. The minimum Gasteiger partial charge on any atom is -0.330 e. The van der Waals surface area contributed by atoms with E-state index in [9.17, 15) is 10.1 Å². The van der Waals surface area contributed by atoms with E-state index in [0.29, 0.717) is 5.92 Å². The summed E-state index contributed by atoms with van der Waals surface area (Å²) in [5.41, 5.74) is 6.79. The maximum atomic E-state index is 10.8. The summed E-state index contributed by atoms with van der Waals surface area (Å²) in [6.45, 7) is 3.55. The number of benzene rings is 1. The zero-order valence-electron chi connectivity index (χ0n) is 10.7. The van der Waals surface area contributed by atoms with Gasteiger partial charge < -0.3 is 5.73 Å². The maximum absolute atomic E-state index is 10.8. The molecule has 0 amide bonds. The van der Waals surface area contributed by atoms with Gasteiger partial charge in [0.25, 0.3) is 5.69 Å². The zero-order chi connectivity index (χ0) is 13.8. The molecule has 1 fully saturated rings. The number of nitrogens with zero attached hydrogens (tertiary/aromatic N) is 2. The van der Waals surface area contributed by atoms with Gasteiger partial charge in [-0.3, -0.25) is 15.0 Å². The van der Waals surface area contributed by atoms with Gasteiger partial charge in [0.15, 0.2) is 0 Å². The molecule has 1 aliphatic rings. The Balaban J connectivity index is 2.01. The fraction of sp³-hybridized carbons (Fsp3) is 0.538. The average Bonchev–Trinajstić information content (AvgIpc) is 2.39. The molecule has 0 aromatic heterocycles. The molecule has 0 unspecified atom stereocenters. The second-order valence-electron chi connectivity index (χ2n) is 5.03. The van der Waals surface area contributed by atoms with E-state index in [2.05, 4.69) is 20.8 Å². The third-order valence-corrected chi connectivity index (χ3v) is 4.06. The van der Waals surface area contributed by atoms with Gasteiger partial charge in [-0.25, -0.2) is 0 Å². The molecule has 1 saturated heterocycles. The quantitative estimate of drug-likeness (QED) is 0.681. The van der Waals surface area contributed by atoms with E-state index in [-0.39, 0.29) is 10.6 Å². The van der Waals surface area contributed by atoms with Gasteiger partial charge in [0.2, 0.25) is 0 Å². The SMILES string of the molecule is NCC1CCN(Cc2cc(Br)cc([N+](=O)[O-])c2)CC1. The molecular formula is C13H18BrN3O2. The molecule has 2 rings (SSSR count). The smallest absolute Gasteiger partial charge is 0.270 e. The van der Waals surface area contributed by atoms with E-state index in [1.54, 1.807) is 6.07 Å². The van der Waals surface area contributed by atoms with Crippen LogP contribution in [0.5, 0.6) is 0 Å². The molecule has 6 heteroatoms. The minimum atomic E-state index is -0.352. The highest BCUT2D eigenvalue weighted by Crippen LogP contribution is 2.24. The highest BCUT2D eigenvalue weighted by Gasteiger charge is 2.19. The predicted octanol–water partition coefficient (Wildman–Crippen LogP) is 2.53. The standard InChI is InChI=1S/C13H18BrN3O2/c14-12-5-11(6-13(7-12)17(18)19)9-16-3-1-10(8-15)2-4-16/h5-7,10H,1-4,8-9,15H2. The van der Waals surface area contributed by atoms with E-state index in [1.165, 1.54) is 6.07 Å². The van der Waals surface area contributed by atoms with E-state index >= 15 is 0 Å². The van der Waals surface area contributed by atoms with Crippen LogP contribution >= 0.6 is 15.9 Å². The molecule has 0 saturated carbocycles. The van der Waals surface area contributed by atoms with Crippen molar-refractivity contribution >= 4 is 21.6 Å². The molecule has 0 radical (unpaired) electrons. The van der Waals surface area contributed by atoms with Gasteiger partial charge >= 0.3 is 0 Å². The van der Waals surface area contributed by atoms with Crippen LogP contribution in [0.15, 0.2) is 22.7 Å². The van der Waals surface area contributed by atoms with Crippen LogP contribution in [0.1, 0.15) is 18.4 Å². The monoisotopic (exact) mass is 327 g/mol. The van der Waals surface area contributed by atoms with E-state index in [4.69, 9.17) is 5.73 Å². The van der Waals surface area contributed by atoms with Crippen LogP contribution in [0, 0.1) is 16.0 Å². The fourth-order valence-electron chi connectivity index (χ4n) is 2.47. The van der Waals surface area contributed by atoms with Crippen molar-refractivity contribution in [2.75, 3.05) is 19.6 Å². The molecule has 1 aromatic rings. The maximum Gasteiger partial charge on any atom is 0.270 e. The van der Waals surface area contributed by atoms with Crippen molar-refractivity contribution in [2.45, 2.75) is 19.4 Å². The van der Waals surface area contributed by atoms with Gasteiger partial charge in [-0.2, -0.15) is 0 Å². The summed E-state index contributed by atoms with van der Waals surface area (Å²) in [6, 6.07) is 5.13. The Morgan fingerprint density at radius 1 is 1.37 bits per heavy atom. The predicted molar refractivity (Wildman–Crippen MR) is 77.9 cm³/mol. The molecule has 1 heterocycles. The molecule has 0 spiro atoms. The lowest BCUT2D eigenvalue weighted by Gasteiger charge is -2.31. The third kappa shape index (κ3) is 3.99. The normalized spacial score (nSPS) is 17.6. The van der Waals surface area contributed by atoms with Crippen LogP contribution in [0.25, 0.3) is 0 Å². The average molecular weight is 328 g/mol. The first kappa shape index (κ1) is 14.4. The summed E-state index contributed by atoms with van der Waals surface area (Å²) >= 11 is 3.33. The third-order valence-electron chi connectivity index (χ3n) is 3.60. The minimum absolute atomic E-state index is 0.140. The van der Waals surface area contributed by atoms with Crippen molar-refractivity contribution in [3.05, 3.63) is 38.3 Å².